The van der Waals surface area contributed by atoms with Gasteiger partial charge in [-0.2, -0.15) is 0 Å². The highest BCUT2D eigenvalue weighted by molar-refractivity contribution is 4.58. The van der Waals surface area contributed by atoms with Gasteiger partial charge in [0.05, 0.1) is 12.2 Å². The van der Waals surface area contributed by atoms with Gasteiger partial charge in [0.25, 0.3) is 0 Å². The van der Waals surface area contributed by atoms with E-state index in [4.69, 9.17) is 4.74 Å². The summed E-state index contributed by atoms with van der Waals surface area (Å²) in [5.41, 5.74) is 0. The fourth-order valence-corrected chi connectivity index (χ4v) is 1.23. The van der Waals surface area contributed by atoms with Crippen molar-refractivity contribution in [2.75, 3.05) is 27.2 Å². The molecule has 0 heterocycles. The standard InChI is InChI=1S/C10H24N2O/c1-9(5-7-11-3)13-10(2)6-8-12-4/h9-12H,5-8H2,1-4H3. The lowest BCUT2D eigenvalue weighted by molar-refractivity contribution is 0.00110. The molecule has 0 bridgehead atoms. The highest BCUT2D eigenvalue weighted by atomic mass is 16.5. The van der Waals surface area contributed by atoms with E-state index in [1.807, 2.05) is 14.1 Å². The van der Waals surface area contributed by atoms with Crippen molar-refractivity contribution in [2.24, 2.45) is 0 Å². The Hall–Kier alpha value is -0.120. The van der Waals surface area contributed by atoms with Crippen LogP contribution in [0.5, 0.6) is 0 Å². The molecule has 0 aliphatic carbocycles. The predicted molar refractivity (Wildman–Crippen MR) is 57.1 cm³/mol. The van der Waals surface area contributed by atoms with E-state index in [1.54, 1.807) is 0 Å². The van der Waals surface area contributed by atoms with E-state index < -0.39 is 0 Å². The van der Waals surface area contributed by atoms with Crippen LogP contribution in [0.2, 0.25) is 0 Å². The lowest BCUT2D eigenvalue weighted by atomic mass is 10.2. The summed E-state index contributed by atoms with van der Waals surface area (Å²) in [6.07, 6.45) is 2.89. The SMILES string of the molecule is CNCCC(C)OC(C)CCNC. The van der Waals surface area contributed by atoms with Gasteiger partial charge in [-0.15, -0.1) is 0 Å². The molecule has 0 amide bonds. The summed E-state index contributed by atoms with van der Waals surface area (Å²) in [6, 6.07) is 0. The Labute approximate surface area is 82.2 Å². The van der Waals surface area contributed by atoms with Gasteiger partial charge in [-0.3, -0.25) is 0 Å². The fourth-order valence-electron chi connectivity index (χ4n) is 1.23. The van der Waals surface area contributed by atoms with E-state index in [2.05, 4.69) is 24.5 Å². The van der Waals surface area contributed by atoms with Crippen molar-refractivity contribution in [3.05, 3.63) is 0 Å². The molecule has 0 rings (SSSR count). The van der Waals surface area contributed by atoms with Crippen molar-refractivity contribution in [1.29, 1.82) is 0 Å². The Kier molecular flexibility index (Phi) is 8.40. The monoisotopic (exact) mass is 188 g/mol. The van der Waals surface area contributed by atoms with Crippen LogP contribution in [0.1, 0.15) is 26.7 Å². The lowest BCUT2D eigenvalue weighted by Crippen LogP contribution is -2.24. The molecule has 0 spiro atoms. The fraction of sp³-hybridized carbons (Fsp3) is 1.00. The molecular formula is C10H24N2O. The molecule has 0 saturated heterocycles. The Bertz CT molecular complexity index is 97.1. The van der Waals surface area contributed by atoms with Gasteiger partial charge in [0, 0.05) is 0 Å². The molecule has 80 valence electrons. The summed E-state index contributed by atoms with van der Waals surface area (Å²) < 4.78 is 5.77. The van der Waals surface area contributed by atoms with Crippen molar-refractivity contribution < 1.29 is 4.74 Å². The highest BCUT2D eigenvalue weighted by Crippen LogP contribution is 2.04. The Morgan fingerprint density at radius 3 is 1.62 bits per heavy atom. The van der Waals surface area contributed by atoms with Gasteiger partial charge in [0.1, 0.15) is 0 Å². The normalized spacial score (nSPS) is 15.7. The van der Waals surface area contributed by atoms with Crippen LogP contribution in [-0.2, 0) is 4.74 Å². The van der Waals surface area contributed by atoms with Crippen LogP contribution in [-0.4, -0.2) is 39.4 Å². The smallest absolute Gasteiger partial charge is 0.0562 e. The van der Waals surface area contributed by atoms with Crippen LogP contribution in [0.15, 0.2) is 0 Å². The van der Waals surface area contributed by atoms with E-state index in [0.717, 1.165) is 25.9 Å². The first-order chi connectivity index (χ1) is 6.20. The third-order valence-corrected chi connectivity index (χ3v) is 2.07. The molecule has 0 aromatic carbocycles. The molecule has 0 radical (unpaired) electrons. The van der Waals surface area contributed by atoms with Crippen molar-refractivity contribution in [1.82, 2.24) is 10.6 Å². The van der Waals surface area contributed by atoms with E-state index in [1.165, 1.54) is 0 Å². The first-order valence-corrected chi connectivity index (χ1v) is 5.15. The minimum atomic E-state index is 0.360. The van der Waals surface area contributed by atoms with Gasteiger partial charge < -0.3 is 15.4 Å². The van der Waals surface area contributed by atoms with E-state index in [-0.39, 0.29) is 0 Å². The second kappa shape index (κ2) is 8.48. The zero-order valence-electron chi connectivity index (χ0n) is 9.39. The summed E-state index contributed by atoms with van der Waals surface area (Å²) in [7, 11) is 3.94. The molecule has 2 unspecified atom stereocenters. The van der Waals surface area contributed by atoms with Crippen LogP contribution in [0.3, 0.4) is 0 Å². The van der Waals surface area contributed by atoms with Gasteiger partial charge in [-0.25, -0.2) is 0 Å². The molecule has 0 aliphatic rings. The average molecular weight is 188 g/mol. The van der Waals surface area contributed by atoms with E-state index >= 15 is 0 Å². The van der Waals surface area contributed by atoms with Gasteiger partial charge >= 0.3 is 0 Å². The van der Waals surface area contributed by atoms with Crippen LogP contribution in [0.25, 0.3) is 0 Å². The second-order valence-corrected chi connectivity index (χ2v) is 3.54. The molecule has 0 aromatic heterocycles. The van der Waals surface area contributed by atoms with Crippen LogP contribution in [0, 0.1) is 0 Å². The molecule has 2 N–H and O–H groups in total. The number of ether oxygens (including phenoxy) is 1. The van der Waals surface area contributed by atoms with Gasteiger partial charge in [-0.1, -0.05) is 0 Å². The Balaban J connectivity index is 3.35. The molecule has 0 aliphatic heterocycles. The lowest BCUT2D eigenvalue weighted by Gasteiger charge is -2.18. The Morgan fingerprint density at radius 2 is 1.31 bits per heavy atom. The first kappa shape index (κ1) is 12.9. The average Bonchev–Trinajstić information content (AvgIpc) is 2.11. The van der Waals surface area contributed by atoms with Gasteiger partial charge in [-0.05, 0) is 53.9 Å². The van der Waals surface area contributed by atoms with Crippen LogP contribution in [0.4, 0.5) is 0 Å². The summed E-state index contributed by atoms with van der Waals surface area (Å²) >= 11 is 0. The van der Waals surface area contributed by atoms with Crippen molar-refractivity contribution >= 4 is 0 Å². The quantitative estimate of drug-likeness (QED) is 0.596. The highest BCUT2D eigenvalue weighted by Gasteiger charge is 2.07. The predicted octanol–water partition coefficient (Wildman–Crippen LogP) is 0.999. The van der Waals surface area contributed by atoms with E-state index in [0.29, 0.717) is 12.2 Å². The third kappa shape index (κ3) is 8.22. The maximum Gasteiger partial charge on any atom is 0.0562 e. The molecule has 0 saturated carbocycles. The maximum absolute atomic E-state index is 5.77. The van der Waals surface area contributed by atoms with Crippen molar-refractivity contribution in [2.45, 2.75) is 38.9 Å². The molecule has 3 nitrogen and oxygen atoms in total. The topological polar surface area (TPSA) is 33.3 Å². The van der Waals surface area contributed by atoms with Crippen molar-refractivity contribution in [3.63, 3.8) is 0 Å². The third-order valence-electron chi connectivity index (χ3n) is 2.07. The van der Waals surface area contributed by atoms with Gasteiger partial charge in [0.15, 0.2) is 0 Å². The maximum atomic E-state index is 5.77. The van der Waals surface area contributed by atoms with E-state index in [9.17, 15) is 0 Å². The molecule has 0 fully saturated rings. The summed E-state index contributed by atoms with van der Waals surface area (Å²) in [5.74, 6) is 0. The van der Waals surface area contributed by atoms with Crippen molar-refractivity contribution in [3.8, 4) is 0 Å². The number of hydrogen-bond acceptors (Lipinski definition) is 3. The Morgan fingerprint density at radius 1 is 0.923 bits per heavy atom. The number of rotatable bonds is 8. The minimum Gasteiger partial charge on any atom is -0.375 e. The summed E-state index contributed by atoms with van der Waals surface area (Å²) in [4.78, 5) is 0. The molecule has 13 heavy (non-hydrogen) atoms. The molecular weight excluding hydrogens is 164 g/mol. The molecule has 0 aromatic rings. The van der Waals surface area contributed by atoms with Crippen LogP contribution >= 0.6 is 0 Å². The van der Waals surface area contributed by atoms with Crippen LogP contribution < -0.4 is 10.6 Å². The molecule has 2 atom stereocenters. The number of hydrogen-bond donors (Lipinski definition) is 2. The summed E-state index contributed by atoms with van der Waals surface area (Å²) in [5, 5.41) is 6.25. The zero-order valence-corrected chi connectivity index (χ0v) is 9.39. The minimum absolute atomic E-state index is 0.360. The zero-order chi connectivity index (χ0) is 10.1. The summed E-state index contributed by atoms with van der Waals surface area (Å²) in [6.45, 7) is 6.32. The van der Waals surface area contributed by atoms with Gasteiger partial charge in [0.2, 0.25) is 0 Å². The molecule has 3 heteroatoms. The first-order valence-electron chi connectivity index (χ1n) is 5.15. The number of nitrogens with one attached hydrogen (secondary N) is 2. The second-order valence-electron chi connectivity index (χ2n) is 3.54. The largest absolute Gasteiger partial charge is 0.375 e.